The molecule has 0 unspecified atom stereocenters. The van der Waals surface area contributed by atoms with Crippen LogP contribution < -0.4 is 4.74 Å². The molecule has 4 nitrogen and oxygen atoms in total. The number of carboxylic acids is 1. The monoisotopic (exact) mass is 242 g/mol. The fourth-order valence-corrected chi connectivity index (χ4v) is 1.35. The summed E-state index contributed by atoms with van der Waals surface area (Å²) in [6.07, 6.45) is 0. The highest BCUT2D eigenvalue weighted by atomic mass is 35.5. The molecule has 0 aliphatic rings. The molecule has 0 bridgehead atoms. The van der Waals surface area contributed by atoms with E-state index in [2.05, 4.69) is 0 Å². The first-order chi connectivity index (χ1) is 7.41. The summed E-state index contributed by atoms with van der Waals surface area (Å²) in [6.45, 7) is 2.63. The maximum Gasteiger partial charge on any atom is 0.341 e. The molecule has 0 spiro atoms. The maximum atomic E-state index is 11.3. The van der Waals surface area contributed by atoms with Gasteiger partial charge in [-0.05, 0) is 31.5 Å². The van der Waals surface area contributed by atoms with Crippen LogP contribution in [0.15, 0.2) is 12.1 Å². The van der Waals surface area contributed by atoms with Crippen molar-refractivity contribution in [3.63, 3.8) is 0 Å². The molecule has 1 N–H and O–H groups in total. The number of ether oxygens (including phenoxy) is 1. The van der Waals surface area contributed by atoms with Crippen molar-refractivity contribution in [1.29, 1.82) is 0 Å². The summed E-state index contributed by atoms with van der Waals surface area (Å²) in [5.41, 5.74) is 1.02. The zero-order valence-corrected chi connectivity index (χ0v) is 9.67. The molecule has 0 aliphatic carbocycles. The lowest BCUT2D eigenvalue weighted by Gasteiger charge is -2.10. The molecule has 1 rings (SSSR count). The summed E-state index contributed by atoms with van der Waals surface area (Å²) in [5.74, 6) is -1.07. The Balaban J connectivity index is 3.09. The Hall–Kier alpha value is -1.55. The number of hydrogen-bond acceptors (Lipinski definition) is 3. The van der Waals surface area contributed by atoms with Gasteiger partial charge in [-0.2, -0.15) is 0 Å². The van der Waals surface area contributed by atoms with Crippen LogP contribution in [0.2, 0.25) is 5.02 Å². The van der Waals surface area contributed by atoms with Gasteiger partial charge in [-0.15, -0.1) is 0 Å². The van der Waals surface area contributed by atoms with Crippen molar-refractivity contribution in [2.45, 2.75) is 13.8 Å². The zero-order valence-electron chi connectivity index (χ0n) is 8.91. The van der Waals surface area contributed by atoms with Gasteiger partial charge in [0.05, 0.1) is 5.56 Å². The number of halogens is 1. The molecule has 1 aromatic carbocycles. The molecule has 0 radical (unpaired) electrons. The van der Waals surface area contributed by atoms with Gasteiger partial charge in [0.1, 0.15) is 5.75 Å². The van der Waals surface area contributed by atoms with Crippen LogP contribution in [0.25, 0.3) is 0 Å². The predicted molar refractivity (Wildman–Crippen MR) is 59.3 cm³/mol. The number of aryl methyl sites for hydroxylation is 1. The van der Waals surface area contributed by atoms with E-state index >= 15 is 0 Å². The number of benzene rings is 1. The van der Waals surface area contributed by atoms with E-state index in [4.69, 9.17) is 21.4 Å². The number of hydrogen-bond donors (Lipinski definition) is 1. The van der Waals surface area contributed by atoms with E-state index < -0.39 is 12.6 Å². The van der Waals surface area contributed by atoms with E-state index in [1.807, 2.05) is 0 Å². The largest absolute Gasteiger partial charge is 0.481 e. The van der Waals surface area contributed by atoms with E-state index in [1.54, 1.807) is 13.0 Å². The van der Waals surface area contributed by atoms with Gasteiger partial charge in [-0.1, -0.05) is 11.6 Å². The summed E-state index contributed by atoms with van der Waals surface area (Å²) in [5, 5.41) is 8.94. The van der Waals surface area contributed by atoms with Crippen LogP contribution in [0.3, 0.4) is 0 Å². The van der Waals surface area contributed by atoms with Crippen LogP contribution in [0.1, 0.15) is 22.8 Å². The van der Waals surface area contributed by atoms with Crippen molar-refractivity contribution in [3.8, 4) is 5.75 Å². The van der Waals surface area contributed by atoms with Gasteiger partial charge >= 0.3 is 5.97 Å². The Morgan fingerprint density at radius 1 is 1.44 bits per heavy atom. The molecule has 0 heterocycles. The second kappa shape index (κ2) is 4.99. The maximum absolute atomic E-state index is 11.3. The van der Waals surface area contributed by atoms with Gasteiger partial charge in [-0.25, -0.2) is 4.79 Å². The summed E-state index contributed by atoms with van der Waals surface area (Å²) in [6, 6.07) is 3.04. The fraction of sp³-hybridized carbons (Fsp3) is 0.273. The lowest BCUT2D eigenvalue weighted by Crippen LogP contribution is -2.11. The van der Waals surface area contributed by atoms with Crippen LogP contribution >= 0.6 is 11.6 Å². The van der Waals surface area contributed by atoms with Crippen molar-refractivity contribution >= 4 is 23.4 Å². The Labute approximate surface area is 97.8 Å². The lowest BCUT2D eigenvalue weighted by molar-refractivity contribution is -0.139. The number of carboxylic acid groups (broad SMARTS) is 1. The Morgan fingerprint density at radius 2 is 2.06 bits per heavy atom. The highest BCUT2D eigenvalue weighted by molar-refractivity contribution is 6.31. The predicted octanol–water partition coefficient (Wildman–Crippen LogP) is 2.31. The third kappa shape index (κ3) is 2.97. The van der Waals surface area contributed by atoms with Gasteiger partial charge in [0.2, 0.25) is 0 Å². The molecule has 0 saturated heterocycles. The molecule has 0 aliphatic heterocycles. The SMILES string of the molecule is CC(=O)c1cc(Cl)c(C)cc1OCC(=O)O. The molecule has 0 atom stereocenters. The van der Waals surface area contributed by atoms with Crippen molar-refractivity contribution < 1.29 is 19.4 Å². The number of aliphatic carboxylic acids is 1. The summed E-state index contributed by atoms with van der Waals surface area (Å²) >= 11 is 5.87. The van der Waals surface area contributed by atoms with Crippen molar-refractivity contribution in [2.75, 3.05) is 6.61 Å². The second-order valence-electron chi connectivity index (χ2n) is 3.34. The fourth-order valence-electron chi connectivity index (χ4n) is 1.19. The third-order valence-electron chi connectivity index (χ3n) is 1.99. The van der Waals surface area contributed by atoms with E-state index in [-0.39, 0.29) is 17.1 Å². The van der Waals surface area contributed by atoms with Crippen LogP contribution in [0, 0.1) is 6.92 Å². The normalized spacial score (nSPS) is 9.94. The minimum Gasteiger partial charge on any atom is -0.481 e. The first-order valence-corrected chi connectivity index (χ1v) is 4.95. The molecule has 0 amide bonds. The Kier molecular flexibility index (Phi) is 3.90. The van der Waals surface area contributed by atoms with Crippen molar-refractivity contribution in [3.05, 3.63) is 28.3 Å². The molecular formula is C11H11ClO4. The Morgan fingerprint density at radius 3 is 2.56 bits per heavy atom. The number of carbonyl (C=O) groups is 2. The van der Waals surface area contributed by atoms with Crippen LogP contribution in [0.5, 0.6) is 5.75 Å². The van der Waals surface area contributed by atoms with E-state index in [0.29, 0.717) is 5.02 Å². The summed E-state index contributed by atoms with van der Waals surface area (Å²) in [4.78, 5) is 21.7. The molecule has 5 heteroatoms. The van der Waals surface area contributed by atoms with Crippen molar-refractivity contribution in [2.24, 2.45) is 0 Å². The number of Topliss-reactive ketones (excluding diaryl/α,β-unsaturated/α-hetero) is 1. The molecule has 86 valence electrons. The summed E-state index contributed by atoms with van der Waals surface area (Å²) in [7, 11) is 0. The lowest BCUT2D eigenvalue weighted by atomic mass is 10.1. The average Bonchev–Trinajstić information content (AvgIpc) is 2.18. The highest BCUT2D eigenvalue weighted by Crippen LogP contribution is 2.27. The number of carbonyl (C=O) groups excluding carboxylic acids is 1. The smallest absolute Gasteiger partial charge is 0.341 e. The molecule has 0 saturated carbocycles. The van der Waals surface area contributed by atoms with Gasteiger partial charge in [-0.3, -0.25) is 4.79 Å². The van der Waals surface area contributed by atoms with Gasteiger partial charge in [0.15, 0.2) is 12.4 Å². The molecule has 0 fully saturated rings. The molecule has 16 heavy (non-hydrogen) atoms. The average molecular weight is 243 g/mol. The van der Waals surface area contributed by atoms with Crippen LogP contribution in [0.4, 0.5) is 0 Å². The van der Waals surface area contributed by atoms with Gasteiger partial charge in [0.25, 0.3) is 0 Å². The zero-order chi connectivity index (χ0) is 12.3. The minimum atomic E-state index is -1.10. The number of rotatable bonds is 4. The van der Waals surface area contributed by atoms with Crippen molar-refractivity contribution in [1.82, 2.24) is 0 Å². The van der Waals surface area contributed by atoms with E-state index in [0.717, 1.165) is 5.56 Å². The topological polar surface area (TPSA) is 63.6 Å². The minimum absolute atomic E-state index is 0.220. The van der Waals surface area contributed by atoms with Crippen LogP contribution in [-0.2, 0) is 4.79 Å². The molecule has 0 aromatic heterocycles. The first kappa shape index (κ1) is 12.5. The van der Waals surface area contributed by atoms with E-state index in [9.17, 15) is 9.59 Å². The van der Waals surface area contributed by atoms with E-state index in [1.165, 1.54) is 13.0 Å². The molecular weight excluding hydrogens is 232 g/mol. The van der Waals surface area contributed by atoms with Crippen LogP contribution in [-0.4, -0.2) is 23.5 Å². The van der Waals surface area contributed by atoms with Gasteiger partial charge < -0.3 is 9.84 Å². The standard InChI is InChI=1S/C11H11ClO4/c1-6-3-10(16-5-11(14)15)8(7(2)13)4-9(6)12/h3-4H,5H2,1-2H3,(H,14,15). The van der Waals surface area contributed by atoms with Gasteiger partial charge in [0, 0.05) is 5.02 Å². The number of ketones is 1. The highest BCUT2D eigenvalue weighted by Gasteiger charge is 2.12. The Bertz CT molecular complexity index is 440. The molecule has 1 aromatic rings. The summed E-state index contributed by atoms with van der Waals surface area (Å²) < 4.78 is 5.02. The quantitative estimate of drug-likeness (QED) is 0.823. The second-order valence-corrected chi connectivity index (χ2v) is 3.74. The first-order valence-electron chi connectivity index (χ1n) is 4.57. The third-order valence-corrected chi connectivity index (χ3v) is 2.40.